The van der Waals surface area contributed by atoms with Crippen LogP contribution in [-0.4, -0.2) is 29.6 Å². The van der Waals surface area contributed by atoms with Crippen molar-refractivity contribution in [3.8, 4) is 0 Å². The smallest absolute Gasteiger partial charge is 0.303 e. The summed E-state index contributed by atoms with van der Waals surface area (Å²) in [7, 11) is 0. The third-order valence-electron chi connectivity index (χ3n) is 3.08. The summed E-state index contributed by atoms with van der Waals surface area (Å²) in [4.78, 5) is 10.5. The molecule has 0 bridgehead atoms. The summed E-state index contributed by atoms with van der Waals surface area (Å²) in [6, 6.07) is 6.29. The molecular formula is C14H17FO4. The fourth-order valence-corrected chi connectivity index (χ4v) is 2.23. The van der Waals surface area contributed by atoms with Crippen LogP contribution in [0.3, 0.4) is 0 Å². The number of carboxylic acid groups (broad SMARTS) is 1. The largest absolute Gasteiger partial charge is 0.481 e. The number of rotatable bonds is 5. The molecule has 104 valence electrons. The molecule has 1 aliphatic rings. The Labute approximate surface area is 111 Å². The molecule has 1 heterocycles. The molecule has 1 aliphatic heterocycles. The zero-order valence-corrected chi connectivity index (χ0v) is 10.8. The fourth-order valence-electron chi connectivity index (χ4n) is 2.23. The minimum Gasteiger partial charge on any atom is -0.481 e. The molecular weight excluding hydrogens is 251 g/mol. The van der Waals surface area contributed by atoms with E-state index < -0.39 is 11.8 Å². The molecule has 1 aromatic carbocycles. The number of carboxylic acids is 1. The second-order valence-corrected chi connectivity index (χ2v) is 4.92. The number of halogens is 1. The van der Waals surface area contributed by atoms with E-state index in [1.54, 1.807) is 13.0 Å². The Morgan fingerprint density at radius 1 is 1.58 bits per heavy atom. The number of aliphatic carboxylic acids is 1. The number of carbonyl (C=O) groups is 1. The third kappa shape index (κ3) is 4.01. The van der Waals surface area contributed by atoms with E-state index in [4.69, 9.17) is 14.6 Å². The van der Waals surface area contributed by atoms with Gasteiger partial charge in [0.25, 0.3) is 0 Å². The first-order chi connectivity index (χ1) is 8.97. The van der Waals surface area contributed by atoms with Gasteiger partial charge in [0.2, 0.25) is 0 Å². The second-order valence-electron chi connectivity index (χ2n) is 4.92. The molecule has 1 fully saturated rings. The minimum absolute atomic E-state index is 0.0596. The lowest BCUT2D eigenvalue weighted by Gasteiger charge is -2.23. The first kappa shape index (κ1) is 14.0. The van der Waals surface area contributed by atoms with Gasteiger partial charge in [-0.2, -0.15) is 0 Å². The highest BCUT2D eigenvalue weighted by molar-refractivity contribution is 5.66. The molecule has 1 N–H and O–H groups in total. The summed E-state index contributed by atoms with van der Waals surface area (Å²) in [5.41, 5.74) is 0.793. The molecule has 2 rings (SSSR count). The molecule has 0 amide bonds. The van der Waals surface area contributed by atoms with Crippen molar-refractivity contribution in [3.63, 3.8) is 0 Å². The van der Waals surface area contributed by atoms with Crippen LogP contribution in [0.15, 0.2) is 24.3 Å². The maximum Gasteiger partial charge on any atom is 0.303 e. The highest BCUT2D eigenvalue weighted by Gasteiger charge is 2.37. The van der Waals surface area contributed by atoms with Crippen molar-refractivity contribution < 1.29 is 23.8 Å². The highest BCUT2D eigenvalue weighted by atomic mass is 19.1. The number of benzene rings is 1. The van der Waals surface area contributed by atoms with Gasteiger partial charge < -0.3 is 14.6 Å². The van der Waals surface area contributed by atoms with Crippen molar-refractivity contribution >= 4 is 5.97 Å². The van der Waals surface area contributed by atoms with Crippen LogP contribution in [-0.2, 0) is 20.7 Å². The normalized spacial score (nSPS) is 26.5. The SMILES string of the molecule is CC1(Cc2cccc(F)c2)OCC(CCC(=O)O)O1. The summed E-state index contributed by atoms with van der Waals surface area (Å²) >= 11 is 0. The van der Waals surface area contributed by atoms with Gasteiger partial charge >= 0.3 is 5.97 Å². The van der Waals surface area contributed by atoms with Gasteiger partial charge in [-0.05, 0) is 31.0 Å². The first-order valence-corrected chi connectivity index (χ1v) is 6.25. The van der Waals surface area contributed by atoms with E-state index in [1.165, 1.54) is 12.1 Å². The van der Waals surface area contributed by atoms with E-state index in [2.05, 4.69) is 0 Å². The predicted octanol–water partition coefficient (Wildman–Crippen LogP) is 2.36. The fraction of sp³-hybridized carbons (Fsp3) is 0.500. The lowest BCUT2D eigenvalue weighted by atomic mass is 10.1. The number of hydrogen-bond donors (Lipinski definition) is 1. The average Bonchev–Trinajstić information content (AvgIpc) is 2.68. The molecule has 1 saturated heterocycles. The van der Waals surface area contributed by atoms with Gasteiger partial charge in [-0.3, -0.25) is 4.79 Å². The molecule has 2 atom stereocenters. The monoisotopic (exact) mass is 268 g/mol. The van der Waals surface area contributed by atoms with Gasteiger partial charge in [-0.1, -0.05) is 12.1 Å². The van der Waals surface area contributed by atoms with Crippen LogP contribution in [0.2, 0.25) is 0 Å². The van der Waals surface area contributed by atoms with Gasteiger partial charge in [-0.15, -0.1) is 0 Å². The van der Waals surface area contributed by atoms with Crippen LogP contribution < -0.4 is 0 Å². The first-order valence-electron chi connectivity index (χ1n) is 6.25. The highest BCUT2D eigenvalue weighted by Crippen LogP contribution is 2.29. The number of hydrogen-bond acceptors (Lipinski definition) is 3. The quantitative estimate of drug-likeness (QED) is 0.890. The van der Waals surface area contributed by atoms with Gasteiger partial charge in [0.15, 0.2) is 5.79 Å². The molecule has 0 aliphatic carbocycles. The van der Waals surface area contributed by atoms with Crippen LogP contribution in [0.25, 0.3) is 0 Å². The Kier molecular flexibility index (Phi) is 4.17. The van der Waals surface area contributed by atoms with Crippen LogP contribution in [0.1, 0.15) is 25.3 Å². The van der Waals surface area contributed by atoms with Gasteiger partial charge in [-0.25, -0.2) is 4.39 Å². The van der Waals surface area contributed by atoms with E-state index in [0.717, 1.165) is 5.56 Å². The molecule has 4 nitrogen and oxygen atoms in total. The Balaban J connectivity index is 1.92. The Morgan fingerprint density at radius 3 is 3.05 bits per heavy atom. The van der Waals surface area contributed by atoms with E-state index in [1.807, 2.05) is 6.07 Å². The standard InChI is InChI=1S/C14H17FO4/c1-14(8-10-3-2-4-11(15)7-10)18-9-12(19-14)5-6-13(16)17/h2-4,7,12H,5-6,8-9H2,1H3,(H,16,17). The molecule has 2 unspecified atom stereocenters. The lowest BCUT2D eigenvalue weighted by Crippen LogP contribution is -2.29. The molecule has 0 aromatic heterocycles. The van der Waals surface area contributed by atoms with Crippen molar-refractivity contribution in [2.24, 2.45) is 0 Å². The van der Waals surface area contributed by atoms with Crippen molar-refractivity contribution in [2.75, 3.05) is 6.61 Å². The van der Waals surface area contributed by atoms with Crippen molar-refractivity contribution in [3.05, 3.63) is 35.6 Å². The van der Waals surface area contributed by atoms with Crippen molar-refractivity contribution in [1.82, 2.24) is 0 Å². The molecule has 0 radical (unpaired) electrons. The summed E-state index contributed by atoms with van der Waals surface area (Å²) in [5, 5.41) is 8.63. The van der Waals surface area contributed by atoms with Crippen LogP contribution in [0.4, 0.5) is 4.39 Å². The maximum atomic E-state index is 13.1. The van der Waals surface area contributed by atoms with E-state index in [-0.39, 0.29) is 18.3 Å². The van der Waals surface area contributed by atoms with Gasteiger partial charge in [0.05, 0.1) is 12.7 Å². The van der Waals surface area contributed by atoms with Crippen LogP contribution in [0, 0.1) is 5.82 Å². The van der Waals surface area contributed by atoms with Crippen molar-refractivity contribution in [1.29, 1.82) is 0 Å². The van der Waals surface area contributed by atoms with E-state index in [0.29, 0.717) is 19.4 Å². The van der Waals surface area contributed by atoms with Crippen LogP contribution in [0.5, 0.6) is 0 Å². The third-order valence-corrected chi connectivity index (χ3v) is 3.08. The summed E-state index contributed by atoms with van der Waals surface area (Å²) in [6.07, 6.45) is 0.710. The van der Waals surface area contributed by atoms with E-state index >= 15 is 0 Å². The average molecular weight is 268 g/mol. The summed E-state index contributed by atoms with van der Waals surface area (Å²) in [5.74, 6) is -1.94. The van der Waals surface area contributed by atoms with Gasteiger partial charge in [0.1, 0.15) is 5.82 Å². The molecule has 0 spiro atoms. The zero-order chi connectivity index (χ0) is 13.9. The Bertz CT molecular complexity index is 463. The Hall–Kier alpha value is -1.46. The van der Waals surface area contributed by atoms with E-state index in [9.17, 15) is 9.18 Å². The van der Waals surface area contributed by atoms with Crippen LogP contribution >= 0.6 is 0 Å². The topological polar surface area (TPSA) is 55.8 Å². The summed E-state index contributed by atoms with van der Waals surface area (Å²) in [6.45, 7) is 2.16. The molecule has 0 saturated carbocycles. The van der Waals surface area contributed by atoms with Crippen molar-refractivity contribution in [2.45, 2.75) is 38.1 Å². The second kappa shape index (κ2) is 5.67. The zero-order valence-electron chi connectivity index (χ0n) is 10.8. The molecule has 5 heteroatoms. The molecule has 1 aromatic rings. The lowest BCUT2D eigenvalue weighted by molar-refractivity contribution is -0.155. The minimum atomic E-state index is -0.845. The summed E-state index contributed by atoms with van der Waals surface area (Å²) < 4.78 is 24.4. The maximum absolute atomic E-state index is 13.1. The molecule has 19 heavy (non-hydrogen) atoms. The van der Waals surface area contributed by atoms with Gasteiger partial charge in [0, 0.05) is 12.8 Å². The Morgan fingerprint density at radius 2 is 2.37 bits per heavy atom. The predicted molar refractivity (Wildman–Crippen MR) is 66.2 cm³/mol. The number of ether oxygens (including phenoxy) is 2.